The summed E-state index contributed by atoms with van der Waals surface area (Å²) >= 11 is 0. The molecule has 146 valence electrons. The van der Waals surface area contributed by atoms with Crippen molar-refractivity contribution in [1.82, 2.24) is 9.97 Å². The van der Waals surface area contributed by atoms with Gasteiger partial charge in [0.05, 0.1) is 25.3 Å². The molecule has 3 aromatic rings. The van der Waals surface area contributed by atoms with Crippen molar-refractivity contribution in [2.24, 2.45) is 0 Å². The van der Waals surface area contributed by atoms with Gasteiger partial charge >= 0.3 is 13.8 Å². The molecule has 3 rings (SSSR count). The fourth-order valence-corrected chi connectivity index (χ4v) is 2.90. The average molecular weight is 404 g/mol. The largest absolute Gasteiger partial charge is 0.527 e. The third-order valence-corrected chi connectivity index (χ3v) is 4.20. The van der Waals surface area contributed by atoms with Crippen molar-refractivity contribution in [2.75, 3.05) is 14.2 Å². The Labute approximate surface area is 159 Å². The Morgan fingerprint density at radius 1 is 1.11 bits per heavy atom. The molecule has 0 radical (unpaired) electrons. The van der Waals surface area contributed by atoms with Gasteiger partial charge in [-0.3, -0.25) is 9.79 Å². The lowest BCUT2D eigenvalue weighted by atomic mass is 10.2. The molecule has 0 aliphatic carbocycles. The second-order valence-electron chi connectivity index (χ2n) is 5.64. The SMILES string of the molecule is COc1ccc(/C=C/c2nc3c(C(=O)OP(=O)(O)O)cccc3[nH]2)cc1OC. The third-order valence-electron chi connectivity index (χ3n) is 3.79. The number of aromatic nitrogens is 2. The number of ether oxygens (including phenoxy) is 2. The van der Waals surface area contributed by atoms with Gasteiger partial charge < -0.3 is 19.0 Å². The Morgan fingerprint density at radius 2 is 1.86 bits per heavy atom. The summed E-state index contributed by atoms with van der Waals surface area (Å²) in [5, 5.41) is 0. The highest BCUT2D eigenvalue weighted by Crippen LogP contribution is 2.37. The molecule has 0 aliphatic heterocycles. The van der Waals surface area contributed by atoms with Gasteiger partial charge in [-0.2, -0.15) is 0 Å². The number of para-hydroxylation sites is 1. The zero-order valence-corrected chi connectivity index (χ0v) is 15.8. The van der Waals surface area contributed by atoms with Crippen LogP contribution in [0.4, 0.5) is 0 Å². The van der Waals surface area contributed by atoms with E-state index in [0.717, 1.165) is 5.56 Å². The van der Waals surface area contributed by atoms with Gasteiger partial charge in [0.2, 0.25) is 0 Å². The molecule has 28 heavy (non-hydrogen) atoms. The highest BCUT2D eigenvalue weighted by atomic mass is 31.2. The van der Waals surface area contributed by atoms with E-state index in [4.69, 9.17) is 19.3 Å². The van der Waals surface area contributed by atoms with Crippen LogP contribution in [0.1, 0.15) is 21.7 Å². The lowest BCUT2D eigenvalue weighted by Gasteiger charge is -2.07. The van der Waals surface area contributed by atoms with Gasteiger partial charge in [0, 0.05) is 0 Å². The van der Waals surface area contributed by atoms with Gasteiger partial charge in [-0.1, -0.05) is 18.2 Å². The number of benzene rings is 2. The molecule has 0 unspecified atom stereocenters. The molecule has 2 aromatic carbocycles. The number of hydrogen-bond acceptors (Lipinski definition) is 6. The van der Waals surface area contributed by atoms with E-state index in [9.17, 15) is 9.36 Å². The smallest absolute Gasteiger partial charge is 0.493 e. The molecule has 9 nitrogen and oxygen atoms in total. The number of H-pyrrole nitrogens is 1. The lowest BCUT2D eigenvalue weighted by Crippen LogP contribution is -2.03. The molecule has 0 amide bonds. The number of imidazole rings is 1. The number of carbonyl (C=O) groups is 1. The topological polar surface area (TPSA) is 131 Å². The minimum atomic E-state index is -4.95. The molecule has 0 spiro atoms. The highest BCUT2D eigenvalue weighted by molar-refractivity contribution is 7.46. The summed E-state index contributed by atoms with van der Waals surface area (Å²) in [5.74, 6) is 0.482. The molecule has 3 N–H and O–H groups in total. The monoisotopic (exact) mass is 404 g/mol. The predicted molar refractivity (Wildman–Crippen MR) is 102 cm³/mol. The van der Waals surface area contributed by atoms with Gasteiger partial charge in [-0.05, 0) is 35.9 Å². The first-order valence-corrected chi connectivity index (χ1v) is 9.52. The summed E-state index contributed by atoms with van der Waals surface area (Å²) in [6.45, 7) is 0. The summed E-state index contributed by atoms with van der Waals surface area (Å²) in [4.78, 5) is 37.0. The minimum absolute atomic E-state index is 0.0529. The number of nitrogens with one attached hydrogen (secondary N) is 1. The third kappa shape index (κ3) is 4.40. The van der Waals surface area contributed by atoms with Crippen molar-refractivity contribution >= 4 is 37.0 Å². The van der Waals surface area contributed by atoms with Gasteiger partial charge in [0.15, 0.2) is 11.5 Å². The van der Waals surface area contributed by atoms with Crippen molar-refractivity contribution in [2.45, 2.75) is 0 Å². The van der Waals surface area contributed by atoms with E-state index in [0.29, 0.717) is 22.8 Å². The second kappa shape index (κ2) is 7.85. The van der Waals surface area contributed by atoms with E-state index in [1.54, 1.807) is 50.6 Å². The van der Waals surface area contributed by atoms with E-state index in [2.05, 4.69) is 14.5 Å². The normalized spacial score (nSPS) is 11.7. The van der Waals surface area contributed by atoms with Crippen LogP contribution in [0.15, 0.2) is 36.4 Å². The maximum absolute atomic E-state index is 12.0. The summed E-state index contributed by atoms with van der Waals surface area (Å²) < 4.78 is 25.5. The van der Waals surface area contributed by atoms with Crippen LogP contribution in [-0.4, -0.2) is 39.9 Å². The molecule has 0 fully saturated rings. The molecule has 0 saturated carbocycles. The van der Waals surface area contributed by atoms with Crippen LogP contribution >= 0.6 is 7.82 Å². The van der Waals surface area contributed by atoms with Crippen molar-refractivity contribution in [3.8, 4) is 11.5 Å². The predicted octanol–water partition coefficient (Wildman–Crippen LogP) is 3.00. The van der Waals surface area contributed by atoms with Crippen LogP contribution < -0.4 is 9.47 Å². The Morgan fingerprint density at radius 3 is 2.54 bits per heavy atom. The maximum Gasteiger partial charge on any atom is 0.527 e. The van der Waals surface area contributed by atoms with Crippen LogP contribution in [0, 0.1) is 0 Å². The average Bonchev–Trinajstić information content (AvgIpc) is 3.07. The fourth-order valence-electron chi connectivity index (χ4n) is 2.58. The number of methoxy groups -OCH3 is 2. The first-order valence-electron chi connectivity index (χ1n) is 7.99. The molecule has 1 aromatic heterocycles. The van der Waals surface area contributed by atoms with Crippen molar-refractivity contribution in [1.29, 1.82) is 0 Å². The van der Waals surface area contributed by atoms with E-state index >= 15 is 0 Å². The quantitative estimate of drug-likeness (QED) is 0.535. The fraction of sp³-hybridized carbons (Fsp3) is 0.111. The molecule has 10 heteroatoms. The van der Waals surface area contributed by atoms with E-state index < -0.39 is 13.8 Å². The van der Waals surface area contributed by atoms with Gasteiger partial charge in [0.1, 0.15) is 11.3 Å². The van der Waals surface area contributed by atoms with E-state index in [1.807, 2.05) is 6.07 Å². The number of aromatic amines is 1. The van der Waals surface area contributed by atoms with E-state index in [1.165, 1.54) is 6.07 Å². The van der Waals surface area contributed by atoms with Crippen LogP contribution in [-0.2, 0) is 9.09 Å². The number of hydrogen-bond donors (Lipinski definition) is 3. The molecule has 0 bridgehead atoms. The van der Waals surface area contributed by atoms with Crippen molar-refractivity contribution < 1.29 is 33.1 Å². The summed E-state index contributed by atoms with van der Waals surface area (Å²) in [7, 11) is -1.85. The number of phosphoric acid groups is 1. The maximum atomic E-state index is 12.0. The molecule has 1 heterocycles. The van der Waals surface area contributed by atoms with Crippen molar-refractivity contribution in [3.63, 3.8) is 0 Å². The number of phosphoric ester groups is 1. The van der Waals surface area contributed by atoms with Crippen LogP contribution in [0.25, 0.3) is 23.2 Å². The van der Waals surface area contributed by atoms with Crippen LogP contribution in [0.3, 0.4) is 0 Å². The Kier molecular flexibility index (Phi) is 5.51. The summed E-state index contributed by atoms with van der Waals surface area (Å²) in [5.41, 5.74) is 1.54. The standard InChI is InChI=1S/C18H17N2O7P/c1-25-14-8-6-11(10-15(14)26-2)7-9-16-19-13-5-3-4-12(17(13)20-16)18(21)27-28(22,23)24/h3-10H,1-2H3,(H,19,20)(H2,22,23,24)/b9-7+. The zero-order valence-electron chi connectivity index (χ0n) is 14.9. The van der Waals surface area contributed by atoms with Crippen molar-refractivity contribution in [3.05, 3.63) is 53.3 Å². The number of nitrogens with zero attached hydrogens (tertiary/aromatic N) is 1. The first-order chi connectivity index (χ1) is 13.3. The summed E-state index contributed by atoms with van der Waals surface area (Å²) in [6.07, 6.45) is 3.48. The van der Waals surface area contributed by atoms with Crippen LogP contribution in [0.5, 0.6) is 11.5 Å². The summed E-state index contributed by atoms with van der Waals surface area (Å²) in [6, 6.07) is 10.0. The molecular formula is C18H17N2O7P. The number of rotatable bonds is 6. The van der Waals surface area contributed by atoms with Gasteiger partial charge in [-0.25, -0.2) is 14.3 Å². The highest BCUT2D eigenvalue weighted by Gasteiger charge is 2.24. The Bertz CT molecular complexity index is 1100. The minimum Gasteiger partial charge on any atom is -0.493 e. The Balaban J connectivity index is 1.91. The second-order valence-corrected chi connectivity index (χ2v) is 6.80. The molecular weight excluding hydrogens is 387 g/mol. The number of fused-ring (bicyclic) bond motifs is 1. The molecule has 0 aliphatic rings. The van der Waals surface area contributed by atoms with Crippen LogP contribution in [0.2, 0.25) is 0 Å². The lowest BCUT2D eigenvalue weighted by molar-refractivity contribution is 0.0680. The van der Waals surface area contributed by atoms with E-state index in [-0.39, 0.29) is 11.1 Å². The Hall–Kier alpha value is -3.13. The first kappa shape index (κ1) is 19.6. The van der Waals surface area contributed by atoms with Gasteiger partial charge in [-0.15, -0.1) is 0 Å². The molecule has 0 atom stereocenters. The van der Waals surface area contributed by atoms with Gasteiger partial charge in [0.25, 0.3) is 0 Å². The number of carbonyl (C=O) groups excluding carboxylic acids is 1. The molecule has 0 saturated heterocycles. The zero-order chi connectivity index (χ0) is 20.3.